The molecule has 1 aliphatic rings. The van der Waals surface area contributed by atoms with E-state index in [1.807, 2.05) is 30.3 Å². The normalized spacial score (nSPS) is 15.3. The van der Waals surface area contributed by atoms with E-state index in [-0.39, 0.29) is 17.5 Å². The van der Waals surface area contributed by atoms with Crippen molar-refractivity contribution in [2.24, 2.45) is 4.99 Å². The van der Waals surface area contributed by atoms with E-state index in [9.17, 15) is 9.59 Å². The quantitative estimate of drug-likeness (QED) is 0.453. The predicted molar refractivity (Wildman–Crippen MR) is 105 cm³/mol. The van der Waals surface area contributed by atoms with Crippen molar-refractivity contribution in [3.8, 4) is 0 Å². The van der Waals surface area contributed by atoms with Gasteiger partial charge in [-0.2, -0.15) is 0 Å². The van der Waals surface area contributed by atoms with Crippen molar-refractivity contribution in [1.82, 2.24) is 4.57 Å². The lowest BCUT2D eigenvalue weighted by molar-refractivity contribution is -0.129. The monoisotopic (exact) mass is 398 g/mol. The summed E-state index contributed by atoms with van der Waals surface area (Å²) in [7, 11) is 0. The zero-order valence-electron chi connectivity index (χ0n) is 14.1. The highest BCUT2D eigenvalue weighted by molar-refractivity contribution is 6.42. The molecule has 0 spiro atoms. The van der Waals surface area contributed by atoms with Crippen molar-refractivity contribution in [3.63, 3.8) is 0 Å². The maximum absolute atomic E-state index is 12.3. The number of rotatable bonds is 2. The number of aliphatic imine (C=N–C) groups is 1. The number of fused-ring (bicyclic) bond motifs is 1. The predicted octanol–water partition coefficient (Wildman–Crippen LogP) is 4.95. The van der Waals surface area contributed by atoms with Gasteiger partial charge >= 0.3 is 5.97 Å². The summed E-state index contributed by atoms with van der Waals surface area (Å²) in [4.78, 5) is 28.6. The number of cyclic esters (lactones) is 1. The van der Waals surface area contributed by atoms with E-state index in [0.717, 1.165) is 10.9 Å². The molecule has 3 aromatic rings. The topological polar surface area (TPSA) is 60.7 Å². The zero-order chi connectivity index (χ0) is 19.1. The summed E-state index contributed by atoms with van der Waals surface area (Å²) < 4.78 is 6.78. The average Bonchev–Trinajstić information content (AvgIpc) is 3.18. The number of esters is 1. The van der Waals surface area contributed by atoms with Crippen LogP contribution in [0.4, 0.5) is 0 Å². The SMILES string of the molecule is CC(=O)n1c(/C=C2\N=C(c3ccc(Cl)c(Cl)c3)OC2=O)cc2ccccc21. The van der Waals surface area contributed by atoms with E-state index in [4.69, 9.17) is 27.9 Å². The lowest BCUT2D eigenvalue weighted by Crippen LogP contribution is -2.08. The van der Waals surface area contributed by atoms with Gasteiger partial charge in [0, 0.05) is 17.9 Å². The number of carbonyl (C=O) groups is 2. The van der Waals surface area contributed by atoms with Crippen LogP contribution >= 0.6 is 23.2 Å². The van der Waals surface area contributed by atoms with Crippen LogP contribution in [-0.2, 0) is 9.53 Å². The van der Waals surface area contributed by atoms with Gasteiger partial charge in [0.25, 0.3) is 0 Å². The fourth-order valence-electron chi connectivity index (χ4n) is 2.94. The van der Waals surface area contributed by atoms with Crippen LogP contribution in [-0.4, -0.2) is 22.3 Å². The van der Waals surface area contributed by atoms with E-state index in [2.05, 4.69) is 4.99 Å². The first-order chi connectivity index (χ1) is 12.9. The molecule has 1 aliphatic heterocycles. The second kappa shape index (κ2) is 6.68. The van der Waals surface area contributed by atoms with Crippen molar-refractivity contribution in [2.45, 2.75) is 6.92 Å². The van der Waals surface area contributed by atoms with Crippen molar-refractivity contribution < 1.29 is 14.3 Å². The van der Waals surface area contributed by atoms with Crippen LogP contribution in [0.2, 0.25) is 10.0 Å². The molecule has 0 amide bonds. The van der Waals surface area contributed by atoms with Crippen molar-refractivity contribution in [1.29, 1.82) is 0 Å². The standard InChI is InChI=1S/C20H12Cl2N2O3/c1-11(25)24-14(8-12-4-2-3-5-18(12)24)10-17-20(26)27-19(23-17)13-6-7-15(21)16(22)9-13/h2-10H,1H3/b17-10-. The van der Waals surface area contributed by atoms with Crippen LogP contribution in [0.1, 0.15) is 23.0 Å². The molecule has 0 fully saturated rings. The molecule has 0 atom stereocenters. The molecule has 0 unspecified atom stereocenters. The third-order valence-electron chi connectivity index (χ3n) is 4.13. The minimum absolute atomic E-state index is 0.0985. The largest absolute Gasteiger partial charge is 0.402 e. The molecule has 2 heterocycles. The van der Waals surface area contributed by atoms with Gasteiger partial charge in [-0.05, 0) is 36.4 Å². The molecule has 0 aliphatic carbocycles. The number of halogens is 2. The first-order valence-electron chi connectivity index (χ1n) is 8.03. The number of benzene rings is 2. The number of ether oxygens (including phenoxy) is 1. The van der Waals surface area contributed by atoms with Crippen molar-refractivity contribution >= 4 is 58.0 Å². The maximum Gasteiger partial charge on any atom is 0.363 e. The Morgan fingerprint density at radius 2 is 1.89 bits per heavy atom. The number of hydrogen-bond acceptors (Lipinski definition) is 4. The molecule has 0 saturated heterocycles. The Hall–Kier alpha value is -2.89. The molecule has 134 valence electrons. The Morgan fingerprint density at radius 1 is 1.11 bits per heavy atom. The van der Waals surface area contributed by atoms with Crippen molar-refractivity contribution in [3.05, 3.63) is 75.5 Å². The van der Waals surface area contributed by atoms with Crippen LogP contribution in [0.5, 0.6) is 0 Å². The summed E-state index contributed by atoms with van der Waals surface area (Å²) in [6, 6.07) is 14.1. The smallest absolute Gasteiger partial charge is 0.363 e. The van der Waals surface area contributed by atoms with Gasteiger partial charge in [0.2, 0.25) is 11.8 Å². The van der Waals surface area contributed by atoms with Gasteiger partial charge in [-0.25, -0.2) is 9.79 Å². The summed E-state index contributed by atoms with van der Waals surface area (Å²) in [5.41, 5.74) is 1.95. The number of aromatic nitrogens is 1. The molecule has 2 aromatic carbocycles. The fraction of sp³-hybridized carbons (Fsp3) is 0.0500. The Bertz CT molecular complexity index is 1180. The van der Waals surface area contributed by atoms with Gasteiger partial charge in [0.1, 0.15) is 0 Å². The van der Waals surface area contributed by atoms with Crippen LogP contribution in [0.25, 0.3) is 17.0 Å². The molecule has 27 heavy (non-hydrogen) atoms. The third kappa shape index (κ3) is 3.16. The van der Waals surface area contributed by atoms with Gasteiger partial charge in [-0.15, -0.1) is 0 Å². The molecule has 0 N–H and O–H groups in total. The Morgan fingerprint density at radius 3 is 2.63 bits per heavy atom. The Balaban J connectivity index is 1.80. The van der Waals surface area contributed by atoms with Gasteiger partial charge < -0.3 is 4.74 Å². The molecule has 7 heteroatoms. The number of hydrogen-bond donors (Lipinski definition) is 0. The maximum atomic E-state index is 12.3. The van der Waals surface area contributed by atoms with Crippen LogP contribution in [0, 0.1) is 0 Å². The van der Waals surface area contributed by atoms with Crippen LogP contribution < -0.4 is 0 Å². The van der Waals surface area contributed by atoms with Crippen LogP contribution in [0.15, 0.2) is 59.2 Å². The minimum atomic E-state index is -0.601. The number of nitrogens with zero attached hydrogens (tertiary/aromatic N) is 2. The summed E-state index contributed by atoms with van der Waals surface area (Å²) in [6.45, 7) is 1.46. The van der Waals surface area contributed by atoms with Gasteiger partial charge in [-0.3, -0.25) is 9.36 Å². The van der Waals surface area contributed by atoms with Crippen LogP contribution in [0.3, 0.4) is 0 Å². The lowest BCUT2D eigenvalue weighted by Gasteiger charge is -2.02. The lowest BCUT2D eigenvalue weighted by atomic mass is 10.2. The highest BCUT2D eigenvalue weighted by atomic mass is 35.5. The first kappa shape index (κ1) is 17.5. The van der Waals surface area contributed by atoms with E-state index in [0.29, 0.717) is 21.3 Å². The summed E-state index contributed by atoms with van der Waals surface area (Å²) in [5.74, 6) is -0.630. The molecular weight excluding hydrogens is 387 g/mol. The molecule has 5 nitrogen and oxygen atoms in total. The third-order valence-corrected chi connectivity index (χ3v) is 4.86. The zero-order valence-corrected chi connectivity index (χ0v) is 15.6. The first-order valence-corrected chi connectivity index (χ1v) is 8.79. The van der Waals surface area contributed by atoms with E-state index >= 15 is 0 Å². The van der Waals surface area contributed by atoms with Gasteiger partial charge in [0.15, 0.2) is 5.70 Å². The molecule has 0 saturated carbocycles. The molecule has 4 rings (SSSR count). The fourth-order valence-corrected chi connectivity index (χ4v) is 3.23. The second-order valence-electron chi connectivity index (χ2n) is 5.95. The Labute approximate surface area is 164 Å². The number of carbonyl (C=O) groups excluding carboxylic acids is 2. The van der Waals surface area contributed by atoms with Crippen molar-refractivity contribution in [2.75, 3.05) is 0 Å². The Kier molecular flexibility index (Phi) is 4.34. The van der Waals surface area contributed by atoms with E-state index in [1.54, 1.807) is 18.2 Å². The minimum Gasteiger partial charge on any atom is -0.402 e. The molecular formula is C20H12Cl2N2O3. The van der Waals surface area contributed by atoms with E-state index < -0.39 is 5.97 Å². The summed E-state index contributed by atoms with van der Waals surface area (Å²) >= 11 is 11.9. The molecule has 0 radical (unpaired) electrons. The second-order valence-corrected chi connectivity index (χ2v) is 6.76. The summed E-state index contributed by atoms with van der Waals surface area (Å²) in [5, 5.41) is 1.62. The number of para-hydroxylation sites is 1. The average molecular weight is 399 g/mol. The highest BCUT2D eigenvalue weighted by Gasteiger charge is 2.25. The highest BCUT2D eigenvalue weighted by Crippen LogP contribution is 2.27. The summed E-state index contributed by atoms with van der Waals surface area (Å²) in [6.07, 6.45) is 1.54. The van der Waals surface area contributed by atoms with E-state index in [1.165, 1.54) is 17.6 Å². The van der Waals surface area contributed by atoms with Gasteiger partial charge in [0.05, 0.1) is 21.3 Å². The molecule has 0 bridgehead atoms. The molecule has 1 aromatic heterocycles. The van der Waals surface area contributed by atoms with Gasteiger partial charge in [-0.1, -0.05) is 41.4 Å².